The lowest BCUT2D eigenvalue weighted by molar-refractivity contribution is 0.102. The summed E-state index contributed by atoms with van der Waals surface area (Å²) < 4.78 is 30.7. The molecule has 0 atom stereocenters. The summed E-state index contributed by atoms with van der Waals surface area (Å²) >= 11 is 0. The summed E-state index contributed by atoms with van der Waals surface area (Å²) in [7, 11) is 0.514. The molecule has 27 heavy (non-hydrogen) atoms. The average Bonchev–Trinajstić information content (AvgIpc) is 2.67. The first-order valence-electron chi connectivity index (χ1n) is 7.97. The van der Waals surface area contributed by atoms with Gasteiger partial charge >= 0.3 is 6.09 Å². The van der Waals surface area contributed by atoms with E-state index in [0.29, 0.717) is 16.9 Å². The number of carbonyl (C=O) groups excluding carboxylic acids is 2. The van der Waals surface area contributed by atoms with Crippen molar-refractivity contribution in [2.24, 2.45) is 0 Å². The molecule has 2 rings (SSSR count). The fourth-order valence-electron chi connectivity index (χ4n) is 2.34. The van der Waals surface area contributed by atoms with Crippen LogP contribution in [0.2, 0.25) is 0 Å². The lowest BCUT2D eigenvalue weighted by Gasteiger charge is -2.16. The lowest BCUT2D eigenvalue weighted by Crippen LogP contribution is -2.25. The van der Waals surface area contributed by atoms with Crippen molar-refractivity contribution in [3.8, 4) is 0 Å². The number of hydrogen-bond donors (Lipinski definition) is 2. The van der Waals surface area contributed by atoms with E-state index in [0.717, 1.165) is 0 Å². The Hall–Kier alpha value is -2.91. The van der Waals surface area contributed by atoms with Crippen molar-refractivity contribution < 1.29 is 22.7 Å². The van der Waals surface area contributed by atoms with Gasteiger partial charge in [-0.25, -0.2) is 17.9 Å². The van der Waals surface area contributed by atoms with Crippen LogP contribution in [-0.4, -0.2) is 41.6 Å². The zero-order valence-electron chi connectivity index (χ0n) is 15.4. The SMILES string of the molecule is CNS(=O)(=O)c1ccc(C)c(C(=O)Nc2ccc(N(C)C(=O)OC)cc2)c1. The number of nitrogens with one attached hydrogen (secondary N) is 2. The van der Waals surface area contributed by atoms with E-state index in [1.807, 2.05) is 0 Å². The first-order valence-corrected chi connectivity index (χ1v) is 9.45. The predicted octanol–water partition coefficient (Wildman–Crippen LogP) is 2.36. The first-order chi connectivity index (χ1) is 12.7. The van der Waals surface area contributed by atoms with Crippen molar-refractivity contribution in [1.82, 2.24) is 4.72 Å². The maximum atomic E-state index is 12.6. The number of sulfonamides is 1. The number of hydrogen-bond acceptors (Lipinski definition) is 5. The largest absolute Gasteiger partial charge is 0.452 e. The molecule has 0 aliphatic heterocycles. The third kappa shape index (κ3) is 4.63. The number of methoxy groups -OCH3 is 1. The second kappa shape index (κ2) is 8.19. The highest BCUT2D eigenvalue weighted by atomic mass is 32.2. The second-order valence-electron chi connectivity index (χ2n) is 5.71. The molecule has 0 saturated carbocycles. The van der Waals surface area contributed by atoms with Gasteiger partial charge in [-0.2, -0.15) is 0 Å². The van der Waals surface area contributed by atoms with Crippen LogP contribution in [0, 0.1) is 6.92 Å². The molecule has 2 aromatic carbocycles. The van der Waals surface area contributed by atoms with Gasteiger partial charge in [0.1, 0.15) is 0 Å². The fourth-order valence-corrected chi connectivity index (χ4v) is 3.10. The van der Waals surface area contributed by atoms with Crippen LogP contribution in [-0.2, 0) is 14.8 Å². The van der Waals surface area contributed by atoms with Crippen molar-refractivity contribution in [3.63, 3.8) is 0 Å². The van der Waals surface area contributed by atoms with Gasteiger partial charge in [0.05, 0.1) is 12.0 Å². The number of amides is 2. The van der Waals surface area contributed by atoms with E-state index in [9.17, 15) is 18.0 Å². The van der Waals surface area contributed by atoms with Crippen LogP contribution in [0.15, 0.2) is 47.4 Å². The monoisotopic (exact) mass is 391 g/mol. The Balaban J connectivity index is 2.23. The normalized spacial score (nSPS) is 11.0. The Kier molecular flexibility index (Phi) is 6.19. The van der Waals surface area contributed by atoms with Gasteiger partial charge in [0, 0.05) is 24.0 Å². The Morgan fingerprint density at radius 3 is 2.26 bits per heavy atom. The quantitative estimate of drug-likeness (QED) is 0.814. The van der Waals surface area contributed by atoms with E-state index >= 15 is 0 Å². The number of rotatable bonds is 5. The van der Waals surface area contributed by atoms with E-state index < -0.39 is 22.0 Å². The molecule has 0 bridgehead atoms. The van der Waals surface area contributed by atoms with Crippen molar-refractivity contribution in [3.05, 3.63) is 53.6 Å². The Labute approximate surface area is 158 Å². The van der Waals surface area contributed by atoms with Gasteiger partial charge in [-0.05, 0) is 55.9 Å². The summed E-state index contributed by atoms with van der Waals surface area (Å²) in [6, 6.07) is 10.9. The van der Waals surface area contributed by atoms with Gasteiger partial charge in [-0.3, -0.25) is 9.69 Å². The van der Waals surface area contributed by atoms with Gasteiger partial charge in [0.2, 0.25) is 10.0 Å². The average molecular weight is 391 g/mol. The number of ether oxygens (including phenoxy) is 1. The Bertz CT molecular complexity index is 955. The van der Waals surface area contributed by atoms with Crippen LogP contribution >= 0.6 is 0 Å². The van der Waals surface area contributed by atoms with Crippen molar-refractivity contribution in [2.75, 3.05) is 31.4 Å². The second-order valence-corrected chi connectivity index (χ2v) is 7.60. The Morgan fingerprint density at radius 2 is 1.70 bits per heavy atom. The molecular weight excluding hydrogens is 370 g/mol. The zero-order chi connectivity index (χ0) is 20.2. The first kappa shape index (κ1) is 20.4. The van der Waals surface area contributed by atoms with Crippen molar-refractivity contribution in [2.45, 2.75) is 11.8 Å². The maximum absolute atomic E-state index is 12.6. The zero-order valence-corrected chi connectivity index (χ0v) is 16.3. The van der Waals surface area contributed by atoms with E-state index in [4.69, 9.17) is 0 Å². The van der Waals surface area contributed by atoms with Crippen LogP contribution in [0.3, 0.4) is 0 Å². The molecule has 2 N–H and O–H groups in total. The summed E-state index contributed by atoms with van der Waals surface area (Å²) in [4.78, 5) is 25.4. The highest BCUT2D eigenvalue weighted by Gasteiger charge is 2.17. The molecule has 0 fully saturated rings. The van der Waals surface area contributed by atoms with Crippen LogP contribution in [0.5, 0.6) is 0 Å². The third-order valence-electron chi connectivity index (χ3n) is 3.99. The van der Waals surface area contributed by atoms with Gasteiger partial charge < -0.3 is 10.1 Å². The van der Waals surface area contributed by atoms with Crippen LogP contribution in [0.25, 0.3) is 0 Å². The molecule has 0 saturated heterocycles. The van der Waals surface area contributed by atoms with E-state index in [1.54, 1.807) is 44.3 Å². The highest BCUT2D eigenvalue weighted by molar-refractivity contribution is 7.89. The molecule has 0 heterocycles. The minimum atomic E-state index is -3.65. The van der Waals surface area contributed by atoms with E-state index in [1.165, 1.54) is 31.2 Å². The number of anilines is 2. The van der Waals surface area contributed by atoms with Crippen molar-refractivity contribution in [1.29, 1.82) is 0 Å². The molecular formula is C18H21N3O5S. The topological polar surface area (TPSA) is 105 Å². The van der Waals surface area contributed by atoms with Crippen LogP contribution in [0.4, 0.5) is 16.2 Å². The van der Waals surface area contributed by atoms with E-state index in [-0.39, 0.29) is 10.5 Å². The fraction of sp³-hybridized carbons (Fsp3) is 0.222. The number of benzene rings is 2. The summed E-state index contributed by atoms with van der Waals surface area (Å²) in [5, 5.41) is 2.72. The van der Waals surface area contributed by atoms with Gasteiger partial charge in [-0.1, -0.05) is 6.07 Å². The standard InChI is InChI=1S/C18H21N3O5S/c1-12-5-10-15(27(24,25)19-2)11-16(12)17(22)20-13-6-8-14(9-7-13)21(3)18(23)26-4/h5-11,19H,1-4H3,(H,20,22). The highest BCUT2D eigenvalue weighted by Crippen LogP contribution is 2.20. The molecule has 0 aliphatic carbocycles. The summed E-state index contributed by atoms with van der Waals surface area (Å²) in [5.74, 6) is -0.435. The molecule has 0 aromatic heterocycles. The molecule has 2 amide bonds. The van der Waals surface area contributed by atoms with Crippen LogP contribution in [0.1, 0.15) is 15.9 Å². The number of carbonyl (C=O) groups is 2. The van der Waals surface area contributed by atoms with Crippen LogP contribution < -0.4 is 14.9 Å². The molecule has 8 nitrogen and oxygen atoms in total. The smallest absolute Gasteiger partial charge is 0.413 e. The molecule has 2 aromatic rings. The molecule has 0 spiro atoms. The number of aryl methyl sites for hydroxylation is 1. The summed E-state index contributed by atoms with van der Waals surface area (Å²) in [6.45, 7) is 1.72. The minimum Gasteiger partial charge on any atom is -0.452 e. The predicted molar refractivity (Wildman–Crippen MR) is 103 cm³/mol. The third-order valence-corrected chi connectivity index (χ3v) is 5.41. The maximum Gasteiger partial charge on any atom is 0.413 e. The lowest BCUT2D eigenvalue weighted by atomic mass is 10.1. The summed E-state index contributed by atoms with van der Waals surface area (Å²) in [5.41, 5.74) is 1.99. The van der Waals surface area contributed by atoms with Gasteiger partial charge in [0.25, 0.3) is 5.91 Å². The van der Waals surface area contributed by atoms with Crippen molar-refractivity contribution >= 4 is 33.4 Å². The molecule has 0 unspecified atom stereocenters. The molecule has 144 valence electrons. The van der Waals surface area contributed by atoms with Gasteiger partial charge in [0.15, 0.2) is 0 Å². The molecule has 9 heteroatoms. The molecule has 0 radical (unpaired) electrons. The molecule has 0 aliphatic rings. The minimum absolute atomic E-state index is 0.0100. The Morgan fingerprint density at radius 1 is 1.07 bits per heavy atom. The summed E-state index contributed by atoms with van der Waals surface area (Å²) in [6.07, 6.45) is -0.509. The van der Waals surface area contributed by atoms with Gasteiger partial charge in [-0.15, -0.1) is 0 Å². The van der Waals surface area contributed by atoms with E-state index in [2.05, 4.69) is 14.8 Å². The number of nitrogens with zero attached hydrogens (tertiary/aromatic N) is 1.